The highest BCUT2D eigenvalue weighted by Gasteiger charge is 2.13. The lowest BCUT2D eigenvalue weighted by atomic mass is 10.1. The third-order valence-corrected chi connectivity index (χ3v) is 3.94. The number of aryl methyl sites for hydroxylation is 2. The Labute approximate surface area is 157 Å². The predicted octanol–water partition coefficient (Wildman–Crippen LogP) is 4.61. The van der Waals surface area contributed by atoms with Crippen molar-refractivity contribution >= 4 is 17.4 Å². The summed E-state index contributed by atoms with van der Waals surface area (Å²) < 4.78 is 5.80. The molecule has 0 atom stereocenters. The molecule has 0 aromatic carbocycles. The van der Waals surface area contributed by atoms with Crippen molar-refractivity contribution in [2.24, 2.45) is 0 Å². The van der Waals surface area contributed by atoms with E-state index in [-0.39, 0.29) is 12.2 Å². The Kier molecular flexibility index (Phi) is 5.58. The molecule has 0 unspecified atom stereocenters. The number of ketones is 1. The lowest BCUT2D eigenvalue weighted by Crippen LogP contribution is -2.09. The van der Waals surface area contributed by atoms with E-state index < -0.39 is 0 Å². The second-order valence-electron chi connectivity index (χ2n) is 5.90. The lowest BCUT2D eigenvalue weighted by Gasteiger charge is -2.09. The molecule has 0 saturated carbocycles. The van der Waals surface area contributed by atoms with E-state index in [0.717, 1.165) is 11.3 Å². The summed E-state index contributed by atoms with van der Waals surface area (Å²) in [7, 11) is 0. The van der Waals surface area contributed by atoms with E-state index in [2.05, 4.69) is 15.0 Å². The largest absolute Gasteiger partial charge is 0.456 e. The molecule has 3 aromatic heterocycles. The summed E-state index contributed by atoms with van der Waals surface area (Å²) in [5.41, 5.74) is 2.90. The summed E-state index contributed by atoms with van der Waals surface area (Å²) in [6.45, 7) is 3.93. The number of rotatable bonds is 6. The van der Waals surface area contributed by atoms with Gasteiger partial charge < -0.3 is 4.74 Å². The molecular formula is C20H18ClN3O2. The van der Waals surface area contributed by atoms with Crippen LogP contribution in [0, 0.1) is 6.92 Å². The Hall–Kier alpha value is -2.79. The van der Waals surface area contributed by atoms with Gasteiger partial charge in [0.15, 0.2) is 5.78 Å². The Bertz CT molecular complexity index is 927. The third-order valence-electron chi connectivity index (χ3n) is 3.73. The van der Waals surface area contributed by atoms with Crippen molar-refractivity contribution in [2.75, 3.05) is 0 Å². The molecule has 3 rings (SSSR count). The highest BCUT2D eigenvalue weighted by atomic mass is 35.5. The molecule has 132 valence electrons. The molecule has 0 fully saturated rings. The Morgan fingerprint density at radius 2 is 1.92 bits per heavy atom. The molecular weight excluding hydrogens is 350 g/mol. The van der Waals surface area contributed by atoms with Gasteiger partial charge in [-0.05, 0) is 25.0 Å². The number of carbonyl (C=O) groups excluding carboxylic acids is 1. The van der Waals surface area contributed by atoms with Gasteiger partial charge in [0.05, 0.1) is 17.6 Å². The first-order chi connectivity index (χ1) is 12.5. The number of aromatic nitrogens is 3. The van der Waals surface area contributed by atoms with Crippen LogP contribution in [0.2, 0.25) is 5.02 Å². The van der Waals surface area contributed by atoms with Crippen molar-refractivity contribution < 1.29 is 9.53 Å². The van der Waals surface area contributed by atoms with Gasteiger partial charge in [-0.25, -0.2) is 4.98 Å². The second-order valence-corrected chi connectivity index (χ2v) is 6.34. The van der Waals surface area contributed by atoms with Crippen LogP contribution in [0.5, 0.6) is 11.5 Å². The molecule has 0 N–H and O–H groups in total. The molecule has 0 aliphatic rings. The maximum Gasteiger partial charge on any atom is 0.187 e. The normalized spacial score (nSPS) is 10.6. The van der Waals surface area contributed by atoms with Crippen molar-refractivity contribution in [2.45, 2.75) is 26.7 Å². The summed E-state index contributed by atoms with van der Waals surface area (Å²) in [6.07, 6.45) is 5.73. The summed E-state index contributed by atoms with van der Waals surface area (Å²) >= 11 is 5.94. The summed E-state index contributed by atoms with van der Waals surface area (Å²) in [4.78, 5) is 25.3. The standard InChI is InChI=1S/C20H18ClN3O2/c1-3-15-7-17(26-18-6-14(21)11-22-12-18)9-19(24-15)20(25)8-16-5-4-13(2)10-23-16/h4-7,9-12H,3,8H2,1-2H3. The van der Waals surface area contributed by atoms with Crippen molar-refractivity contribution in [3.63, 3.8) is 0 Å². The SMILES string of the molecule is CCc1cc(Oc2cncc(Cl)c2)cc(C(=O)Cc2ccc(C)cn2)n1. The molecule has 3 aromatic rings. The minimum Gasteiger partial charge on any atom is -0.456 e. The molecule has 0 amide bonds. The number of pyridine rings is 3. The quantitative estimate of drug-likeness (QED) is 0.595. The molecule has 0 aliphatic carbocycles. The Balaban J connectivity index is 1.84. The van der Waals surface area contributed by atoms with Gasteiger partial charge in [-0.15, -0.1) is 0 Å². The average Bonchev–Trinajstić information content (AvgIpc) is 2.63. The van der Waals surface area contributed by atoms with Crippen LogP contribution in [0.1, 0.15) is 34.4 Å². The fourth-order valence-corrected chi connectivity index (χ4v) is 2.55. The van der Waals surface area contributed by atoms with Gasteiger partial charge in [0.25, 0.3) is 0 Å². The molecule has 3 heterocycles. The van der Waals surface area contributed by atoms with E-state index in [9.17, 15) is 4.79 Å². The lowest BCUT2D eigenvalue weighted by molar-refractivity contribution is 0.0986. The fourth-order valence-electron chi connectivity index (χ4n) is 2.39. The van der Waals surface area contributed by atoms with Crippen molar-refractivity contribution in [1.82, 2.24) is 15.0 Å². The Morgan fingerprint density at radius 3 is 2.62 bits per heavy atom. The molecule has 26 heavy (non-hydrogen) atoms. The van der Waals surface area contributed by atoms with E-state index in [1.54, 1.807) is 24.5 Å². The third kappa shape index (κ3) is 4.64. The van der Waals surface area contributed by atoms with Gasteiger partial charge in [-0.2, -0.15) is 0 Å². The van der Waals surface area contributed by atoms with Gasteiger partial charge in [0.2, 0.25) is 0 Å². The van der Waals surface area contributed by atoms with Crippen LogP contribution in [-0.4, -0.2) is 20.7 Å². The first kappa shape index (κ1) is 18.0. The molecule has 0 spiro atoms. The predicted molar refractivity (Wildman–Crippen MR) is 99.9 cm³/mol. The molecule has 0 saturated heterocycles. The highest BCUT2D eigenvalue weighted by molar-refractivity contribution is 6.30. The van der Waals surface area contributed by atoms with Gasteiger partial charge in [0, 0.05) is 42.0 Å². The van der Waals surface area contributed by atoms with Crippen LogP contribution < -0.4 is 4.74 Å². The highest BCUT2D eigenvalue weighted by Crippen LogP contribution is 2.25. The number of nitrogens with zero attached hydrogens (tertiary/aromatic N) is 3. The van der Waals surface area contributed by atoms with E-state index in [4.69, 9.17) is 16.3 Å². The van der Waals surface area contributed by atoms with Gasteiger partial charge in [-0.3, -0.25) is 14.8 Å². The number of Topliss-reactive ketones (excluding diaryl/α,β-unsaturated/α-hetero) is 1. The maximum atomic E-state index is 12.6. The van der Waals surface area contributed by atoms with Crippen molar-refractivity contribution in [3.05, 3.63) is 76.6 Å². The van der Waals surface area contributed by atoms with Crippen molar-refractivity contribution in [1.29, 1.82) is 0 Å². The van der Waals surface area contributed by atoms with E-state index in [1.165, 1.54) is 6.20 Å². The molecule has 5 nitrogen and oxygen atoms in total. The Morgan fingerprint density at radius 1 is 1.08 bits per heavy atom. The second kappa shape index (κ2) is 8.06. The molecule has 0 aliphatic heterocycles. The average molecular weight is 368 g/mol. The fraction of sp³-hybridized carbons (Fsp3) is 0.200. The summed E-state index contributed by atoms with van der Waals surface area (Å²) in [6, 6.07) is 8.90. The number of hydrogen-bond donors (Lipinski definition) is 0. The number of hydrogen-bond acceptors (Lipinski definition) is 5. The summed E-state index contributed by atoms with van der Waals surface area (Å²) in [5, 5.41) is 0.481. The zero-order chi connectivity index (χ0) is 18.5. The number of ether oxygens (including phenoxy) is 1. The molecule has 0 bridgehead atoms. The maximum absolute atomic E-state index is 12.6. The topological polar surface area (TPSA) is 65.0 Å². The van der Waals surface area contributed by atoms with Crippen LogP contribution in [0.3, 0.4) is 0 Å². The number of carbonyl (C=O) groups is 1. The van der Waals surface area contributed by atoms with Gasteiger partial charge >= 0.3 is 0 Å². The van der Waals surface area contributed by atoms with E-state index >= 15 is 0 Å². The van der Waals surface area contributed by atoms with Crippen LogP contribution in [0.15, 0.2) is 48.9 Å². The molecule has 6 heteroatoms. The minimum atomic E-state index is -0.106. The zero-order valence-electron chi connectivity index (χ0n) is 14.6. The van der Waals surface area contributed by atoms with Crippen LogP contribution in [0.25, 0.3) is 0 Å². The zero-order valence-corrected chi connectivity index (χ0v) is 15.3. The van der Waals surface area contributed by atoms with Crippen LogP contribution in [-0.2, 0) is 12.8 Å². The first-order valence-corrected chi connectivity index (χ1v) is 8.65. The van der Waals surface area contributed by atoms with Gasteiger partial charge in [-0.1, -0.05) is 24.6 Å². The number of halogens is 1. The molecule has 0 radical (unpaired) electrons. The first-order valence-electron chi connectivity index (χ1n) is 8.27. The van der Waals surface area contributed by atoms with Crippen LogP contribution in [0.4, 0.5) is 0 Å². The monoisotopic (exact) mass is 367 g/mol. The smallest absolute Gasteiger partial charge is 0.187 e. The van der Waals surface area contributed by atoms with Crippen molar-refractivity contribution in [3.8, 4) is 11.5 Å². The van der Waals surface area contributed by atoms with Gasteiger partial charge in [0.1, 0.15) is 17.2 Å². The minimum absolute atomic E-state index is 0.106. The van der Waals surface area contributed by atoms with Crippen LogP contribution >= 0.6 is 11.6 Å². The van der Waals surface area contributed by atoms with E-state index in [1.807, 2.05) is 32.0 Å². The van der Waals surface area contributed by atoms with E-state index in [0.29, 0.717) is 34.3 Å². The summed E-state index contributed by atoms with van der Waals surface area (Å²) in [5.74, 6) is 0.927.